The summed E-state index contributed by atoms with van der Waals surface area (Å²) in [4.78, 5) is 37.3. The SMILES string of the molecule is CC/C=C\C/C=C\C/C=C\C/C=C\C/C=C\CC(=O)OC(COC(=O)CCCCCCCCCCCCCCCCCCCCCCCCCCCCCCCCC)COC(OCC[N+](C)(C)C)C(=O)O. The first-order valence-electron chi connectivity index (χ1n) is 29.5. The third-order valence-corrected chi connectivity index (χ3v) is 12.8. The zero-order valence-electron chi connectivity index (χ0n) is 46.9. The molecule has 0 fully saturated rings. The summed E-state index contributed by atoms with van der Waals surface area (Å²) in [5.41, 5.74) is 0. The highest BCUT2D eigenvalue weighted by Crippen LogP contribution is 2.17. The number of carboxylic acids is 1. The number of aliphatic carboxylic acids is 1. The Morgan fingerprint density at radius 1 is 0.437 bits per heavy atom. The van der Waals surface area contributed by atoms with Crippen molar-refractivity contribution in [3.05, 3.63) is 60.8 Å². The Kier molecular flexibility index (Phi) is 51.0. The highest BCUT2D eigenvalue weighted by atomic mass is 16.7. The highest BCUT2D eigenvalue weighted by molar-refractivity contribution is 5.72. The summed E-state index contributed by atoms with van der Waals surface area (Å²) in [6.07, 6.45) is 65.1. The lowest BCUT2D eigenvalue weighted by molar-refractivity contribution is -0.870. The summed E-state index contributed by atoms with van der Waals surface area (Å²) in [5.74, 6) is -2.16. The molecule has 0 spiro atoms. The molecule has 9 heteroatoms. The van der Waals surface area contributed by atoms with Gasteiger partial charge in [-0.15, -0.1) is 0 Å². The molecular weight excluding hydrogens is 887 g/mol. The standard InChI is InChI=1S/C62H111NO8/c1-6-8-10-12-14-16-18-20-22-23-24-25-26-27-28-29-30-31-32-33-34-35-36-37-39-40-42-44-46-48-50-52-59(64)69-56-58(57-70-62(61(66)67)68-55-54-63(3,4)5)71-60(65)53-51-49-47-45-43-41-38-21-19-17-15-13-11-9-7-2/h9,11,15,17,21,38,43,45,49,51,58,62H,6-8,10,12-14,16,18-20,22-37,39-42,44,46-48,50,52-57H2,1-5H3/p+1/b11-9-,17-15-,38-21-,45-43-,51-49-. The number of hydrogen-bond donors (Lipinski definition) is 1. The van der Waals surface area contributed by atoms with Crippen molar-refractivity contribution in [3.63, 3.8) is 0 Å². The van der Waals surface area contributed by atoms with Gasteiger partial charge in [0, 0.05) is 6.42 Å². The van der Waals surface area contributed by atoms with E-state index in [-0.39, 0.29) is 38.6 Å². The van der Waals surface area contributed by atoms with Crippen LogP contribution in [0, 0.1) is 0 Å². The fourth-order valence-corrected chi connectivity index (χ4v) is 8.33. The molecule has 0 amide bonds. The van der Waals surface area contributed by atoms with Crippen LogP contribution in [0.5, 0.6) is 0 Å². The molecule has 0 aliphatic heterocycles. The van der Waals surface area contributed by atoms with E-state index in [1.54, 1.807) is 6.08 Å². The molecule has 0 aromatic rings. The van der Waals surface area contributed by atoms with Crippen LogP contribution in [-0.2, 0) is 33.3 Å². The van der Waals surface area contributed by atoms with Crippen LogP contribution >= 0.6 is 0 Å². The van der Waals surface area contributed by atoms with E-state index in [2.05, 4.69) is 56.4 Å². The summed E-state index contributed by atoms with van der Waals surface area (Å²) >= 11 is 0. The minimum atomic E-state index is -1.53. The van der Waals surface area contributed by atoms with Crippen LogP contribution in [-0.4, -0.2) is 87.4 Å². The van der Waals surface area contributed by atoms with E-state index in [0.717, 1.165) is 44.9 Å². The van der Waals surface area contributed by atoms with Crippen LogP contribution in [0.25, 0.3) is 0 Å². The predicted molar refractivity (Wildman–Crippen MR) is 300 cm³/mol. The van der Waals surface area contributed by atoms with E-state index in [1.807, 2.05) is 33.3 Å². The van der Waals surface area contributed by atoms with Crippen LogP contribution in [0.1, 0.15) is 258 Å². The van der Waals surface area contributed by atoms with E-state index >= 15 is 0 Å². The van der Waals surface area contributed by atoms with Crippen molar-refractivity contribution >= 4 is 17.9 Å². The van der Waals surface area contributed by atoms with Crippen molar-refractivity contribution in [3.8, 4) is 0 Å². The number of esters is 2. The number of allylic oxidation sites excluding steroid dienone is 9. The number of carbonyl (C=O) groups is 3. The molecule has 9 nitrogen and oxygen atoms in total. The minimum absolute atomic E-state index is 0.0278. The number of carbonyl (C=O) groups excluding carboxylic acids is 2. The Bertz CT molecular complexity index is 1350. The first-order valence-corrected chi connectivity index (χ1v) is 29.5. The van der Waals surface area contributed by atoms with E-state index < -0.39 is 24.3 Å². The van der Waals surface area contributed by atoms with E-state index in [1.165, 1.54) is 180 Å². The molecule has 0 heterocycles. The number of carboxylic acid groups (broad SMARTS) is 1. The molecule has 0 saturated carbocycles. The first kappa shape index (κ1) is 68.0. The fraction of sp³-hybridized carbons (Fsp3) is 0.790. The summed E-state index contributed by atoms with van der Waals surface area (Å²) in [5, 5.41) is 9.67. The van der Waals surface area contributed by atoms with Crippen LogP contribution in [0.15, 0.2) is 60.8 Å². The Hall–Kier alpha value is -3.01. The second kappa shape index (κ2) is 53.3. The van der Waals surface area contributed by atoms with Crippen LogP contribution in [0.3, 0.4) is 0 Å². The van der Waals surface area contributed by atoms with Crippen LogP contribution in [0.2, 0.25) is 0 Å². The number of ether oxygens (including phenoxy) is 4. The Balaban J connectivity index is 4.13. The number of nitrogens with zero attached hydrogens (tertiary/aromatic N) is 1. The maximum Gasteiger partial charge on any atom is 0.361 e. The van der Waals surface area contributed by atoms with Gasteiger partial charge in [0.2, 0.25) is 0 Å². The maximum absolute atomic E-state index is 12.8. The molecular formula is C62H112NO8+. The van der Waals surface area contributed by atoms with E-state index in [9.17, 15) is 19.5 Å². The molecule has 0 rings (SSSR count). The number of unbranched alkanes of at least 4 members (excludes halogenated alkanes) is 30. The fourth-order valence-electron chi connectivity index (χ4n) is 8.33. The van der Waals surface area contributed by atoms with Crippen LogP contribution in [0.4, 0.5) is 0 Å². The van der Waals surface area contributed by atoms with Gasteiger partial charge in [-0.25, -0.2) is 4.79 Å². The number of likely N-dealkylation sites (N-methyl/N-ethyl adjacent to an activating group) is 1. The Morgan fingerprint density at radius 3 is 1.14 bits per heavy atom. The summed E-state index contributed by atoms with van der Waals surface area (Å²) < 4.78 is 22.7. The zero-order valence-corrected chi connectivity index (χ0v) is 46.9. The average Bonchev–Trinajstić information content (AvgIpc) is 3.34. The van der Waals surface area contributed by atoms with Gasteiger partial charge in [-0.2, -0.15) is 0 Å². The van der Waals surface area contributed by atoms with Gasteiger partial charge in [0.1, 0.15) is 13.2 Å². The molecule has 0 radical (unpaired) electrons. The van der Waals surface area contributed by atoms with E-state index in [0.29, 0.717) is 17.4 Å². The molecule has 71 heavy (non-hydrogen) atoms. The van der Waals surface area contributed by atoms with Gasteiger partial charge in [0.25, 0.3) is 6.29 Å². The molecule has 2 atom stereocenters. The molecule has 0 aromatic heterocycles. The highest BCUT2D eigenvalue weighted by Gasteiger charge is 2.25. The lowest BCUT2D eigenvalue weighted by atomic mass is 10.0. The molecule has 0 aromatic carbocycles. The van der Waals surface area contributed by atoms with Gasteiger partial charge >= 0.3 is 17.9 Å². The molecule has 0 aliphatic carbocycles. The first-order chi connectivity index (χ1) is 34.6. The smallest absolute Gasteiger partial charge is 0.361 e. The van der Waals surface area contributed by atoms with Crippen molar-refractivity contribution in [2.45, 2.75) is 270 Å². The van der Waals surface area contributed by atoms with Gasteiger partial charge < -0.3 is 28.5 Å². The Morgan fingerprint density at radius 2 is 0.789 bits per heavy atom. The molecule has 0 bridgehead atoms. The van der Waals surface area contributed by atoms with Gasteiger partial charge in [-0.3, -0.25) is 9.59 Å². The quantitative estimate of drug-likeness (QED) is 0.0211. The normalized spacial score (nSPS) is 13.2. The van der Waals surface area contributed by atoms with Crippen molar-refractivity contribution < 1.29 is 42.9 Å². The second-order valence-corrected chi connectivity index (χ2v) is 21.0. The minimum Gasteiger partial charge on any atom is -0.477 e. The van der Waals surface area contributed by atoms with Gasteiger partial charge in [-0.1, -0.05) is 267 Å². The number of hydrogen-bond acceptors (Lipinski definition) is 7. The molecule has 0 saturated heterocycles. The Labute approximate surface area is 437 Å². The second-order valence-electron chi connectivity index (χ2n) is 21.0. The van der Waals surface area contributed by atoms with Crippen molar-refractivity contribution in [1.82, 2.24) is 0 Å². The van der Waals surface area contributed by atoms with Crippen molar-refractivity contribution in [2.75, 3.05) is 47.5 Å². The number of quaternary nitrogens is 1. The molecule has 2 unspecified atom stereocenters. The molecule has 1 N–H and O–H groups in total. The predicted octanol–water partition coefficient (Wildman–Crippen LogP) is 17.2. The van der Waals surface area contributed by atoms with Crippen molar-refractivity contribution in [1.29, 1.82) is 0 Å². The largest absolute Gasteiger partial charge is 0.477 e. The van der Waals surface area contributed by atoms with Gasteiger partial charge in [-0.05, 0) is 38.5 Å². The summed E-state index contributed by atoms with van der Waals surface area (Å²) in [6, 6.07) is 0. The third kappa shape index (κ3) is 54.6. The topological polar surface area (TPSA) is 108 Å². The third-order valence-electron chi connectivity index (χ3n) is 12.8. The average molecular weight is 1000 g/mol. The van der Waals surface area contributed by atoms with Crippen LogP contribution < -0.4 is 0 Å². The van der Waals surface area contributed by atoms with Gasteiger partial charge in [0.05, 0.1) is 40.8 Å². The van der Waals surface area contributed by atoms with Gasteiger partial charge in [0.15, 0.2) is 6.10 Å². The lowest BCUT2D eigenvalue weighted by Crippen LogP contribution is -2.40. The molecule has 412 valence electrons. The van der Waals surface area contributed by atoms with E-state index in [4.69, 9.17) is 18.9 Å². The number of rotatable bonds is 54. The molecule has 0 aliphatic rings. The summed E-state index contributed by atoms with van der Waals surface area (Å²) in [7, 11) is 5.94. The summed E-state index contributed by atoms with van der Waals surface area (Å²) in [6.45, 7) is 4.67. The monoisotopic (exact) mass is 999 g/mol. The lowest BCUT2D eigenvalue weighted by Gasteiger charge is -2.25. The maximum atomic E-state index is 12.8. The zero-order chi connectivity index (χ0) is 52.0. The van der Waals surface area contributed by atoms with Crippen molar-refractivity contribution in [2.24, 2.45) is 0 Å².